The van der Waals surface area contributed by atoms with Gasteiger partial charge in [0, 0.05) is 20.0 Å². The molecule has 3 N–H and O–H groups in total. The van der Waals surface area contributed by atoms with Crippen molar-refractivity contribution in [3.05, 3.63) is 47.5 Å². The normalized spacial score (nSPS) is 12.9. The number of carbonyl (C=O) groups is 2. The first-order chi connectivity index (χ1) is 12.5. The highest BCUT2D eigenvalue weighted by Gasteiger charge is 2.24. The van der Waals surface area contributed by atoms with Gasteiger partial charge in [-0.15, -0.1) is 0 Å². The maximum absolute atomic E-state index is 12.7. The van der Waals surface area contributed by atoms with Crippen LogP contribution in [0.1, 0.15) is 22.3 Å². The molecule has 3 rings (SSSR count). The van der Waals surface area contributed by atoms with Crippen LogP contribution < -0.4 is 20.7 Å². The molecule has 0 bridgehead atoms. The first kappa shape index (κ1) is 17.8. The summed E-state index contributed by atoms with van der Waals surface area (Å²) in [5.74, 6) is -0.141. The van der Waals surface area contributed by atoms with E-state index in [2.05, 4.69) is 16.3 Å². The number of benzene rings is 2. The van der Waals surface area contributed by atoms with Crippen molar-refractivity contribution in [2.75, 3.05) is 31.6 Å². The summed E-state index contributed by atoms with van der Waals surface area (Å²) < 4.78 is 5.80. The zero-order valence-corrected chi connectivity index (χ0v) is 15.0. The highest BCUT2D eigenvalue weighted by Crippen LogP contribution is 2.39. The number of nitrogens with two attached hydrogens (primary N) is 1. The van der Waals surface area contributed by atoms with Gasteiger partial charge < -0.3 is 20.7 Å². The van der Waals surface area contributed by atoms with Gasteiger partial charge in [0.2, 0.25) is 5.91 Å². The molecule has 0 atom stereocenters. The van der Waals surface area contributed by atoms with Crippen LogP contribution in [-0.2, 0) is 4.79 Å². The third-order valence-corrected chi connectivity index (χ3v) is 4.51. The summed E-state index contributed by atoms with van der Waals surface area (Å²) in [6.07, 6.45) is 0.103. The minimum atomic E-state index is -0.447. The lowest BCUT2D eigenvalue weighted by Gasteiger charge is -2.30. The van der Waals surface area contributed by atoms with Crippen molar-refractivity contribution < 1.29 is 14.3 Å². The van der Waals surface area contributed by atoms with E-state index in [0.29, 0.717) is 17.9 Å². The second-order valence-electron chi connectivity index (χ2n) is 6.43. The lowest BCUT2D eigenvalue weighted by atomic mass is 9.96. The van der Waals surface area contributed by atoms with Gasteiger partial charge in [-0.05, 0) is 35.7 Å². The highest BCUT2D eigenvalue weighted by atomic mass is 16.5. The molecule has 0 saturated heterocycles. The molecule has 2 aromatic carbocycles. The molecule has 2 aromatic rings. The van der Waals surface area contributed by atoms with E-state index in [1.165, 1.54) is 0 Å². The number of anilines is 1. The van der Waals surface area contributed by atoms with Crippen molar-refractivity contribution in [3.8, 4) is 16.9 Å². The minimum absolute atomic E-state index is 0.103. The number of primary amides is 1. The van der Waals surface area contributed by atoms with Crippen molar-refractivity contribution in [1.29, 1.82) is 0 Å². The third-order valence-electron chi connectivity index (χ3n) is 4.51. The van der Waals surface area contributed by atoms with E-state index in [0.717, 1.165) is 28.9 Å². The molecule has 6 nitrogen and oxygen atoms in total. The Labute approximate surface area is 152 Å². The summed E-state index contributed by atoms with van der Waals surface area (Å²) in [6.45, 7) is 3.52. The molecule has 1 heterocycles. The quantitative estimate of drug-likeness (QED) is 0.862. The Bertz CT molecular complexity index is 848. The summed E-state index contributed by atoms with van der Waals surface area (Å²) in [7, 11) is 1.98. The third kappa shape index (κ3) is 3.64. The van der Waals surface area contributed by atoms with Crippen LogP contribution in [0.3, 0.4) is 0 Å². The summed E-state index contributed by atoms with van der Waals surface area (Å²) in [6, 6.07) is 12.0. The number of rotatable bonds is 5. The van der Waals surface area contributed by atoms with E-state index in [1.807, 2.05) is 44.3 Å². The fourth-order valence-corrected chi connectivity index (χ4v) is 3.07. The van der Waals surface area contributed by atoms with Crippen molar-refractivity contribution in [2.45, 2.75) is 13.3 Å². The predicted molar refractivity (Wildman–Crippen MR) is 102 cm³/mol. The van der Waals surface area contributed by atoms with Crippen LogP contribution in [0.5, 0.6) is 5.75 Å². The minimum Gasteiger partial charge on any atom is -0.489 e. The monoisotopic (exact) mass is 353 g/mol. The average Bonchev–Trinajstić information content (AvgIpc) is 2.61. The summed E-state index contributed by atoms with van der Waals surface area (Å²) in [5.41, 5.74) is 9.66. The fourth-order valence-electron chi connectivity index (χ4n) is 3.07. The molecule has 1 aliphatic heterocycles. The molecule has 6 heteroatoms. The Hall–Kier alpha value is -3.02. The standard InChI is InChI=1S/C20H23N3O3/c1-13-5-3-4-6-15(13)14-11-16(20(25)22-8-7-18(21)24)19-17(12-14)23(2)9-10-26-19/h3-6,11-12H,7-10H2,1-2H3,(H2,21,24)(H,22,25). The summed E-state index contributed by atoms with van der Waals surface area (Å²) >= 11 is 0. The molecule has 0 aromatic heterocycles. The molecule has 0 saturated carbocycles. The fraction of sp³-hybridized carbons (Fsp3) is 0.300. The lowest BCUT2D eigenvalue weighted by Crippen LogP contribution is -2.32. The van der Waals surface area contributed by atoms with Gasteiger partial charge in [0.05, 0.1) is 17.8 Å². The van der Waals surface area contributed by atoms with Crippen LogP contribution in [0.25, 0.3) is 11.1 Å². The number of ether oxygens (including phenoxy) is 1. The molecule has 0 unspecified atom stereocenters. The number of carbonyl (C=O) groups excluding carboxylic acids is 2. The Morgan fingerprint density at radius 2 is 2.04 bits per heavy atom. The van der Waals surface area contributed by atoms with Crippen LogP contribution in [0.2, 0.25) is 0 Å². The number of hydrogen-bond donors (Lipinski definition) is 2. The zero-order chi connectivity index (χ0) is 18.7. The number of amides is 2. The van der Waals surface area contributed by atoms with Crippen molar-refractivity contribution in [3.63, 3.8) is 0 Å². The maximum Gasteiger partial charge on any atom is 0.255 e. The number of nitrogens with zero attached hydrogens (tertiary/aromatic N) is 1. The van der Waals surface area contributed by atoms with E-state index in [9.17, 15) is 9.59 Å². The van der Waals surface area contributed by atoms with Gasteiger partial charge in [-0.1, -0.05) is 24.3 Å². The molecule has 26 heavy (non-hydrogen) atoms. The van der Waals surface area contributed by atoms with Gasteiger partial charge in [0.15, 0.2) is 5.75 Å². The Morgan fingerprint density at radius 3 is 2.77 bits per heavy atom. The number of likely N-dealkylation sites (N-methyl/N-ethyl adjacent to an activating group) is 1. The summed E-state index contributed by atoms with van der Waals surface area (Å²) in [4.78, 5) is 25.7. The first-order valence-corrected chi connectivity index (χ1v) is 8.62. The predicted octanol–water partition coefficient (Wildman–Crippen LogP) is 2.10. The van der Waals surface area contributed by atoms with Crippen LogP contribution >= 0.6 is 0 Å². The van der Waals surface area contributed by atoms with Crippen LogP contribution in [0, 0.1) is 6.92 Å². The van der Waals surface area contributed by atoms with Crippen molar-refractivity contribution >= 4 is 17.5 Å². The SMILES string of the molecule is Cc1ccccc1-c1cc(C(=O)NCCC(N)=O)c2c(c1)N(C)CCO2. The van der Waals surface area contributed by atoms with E-state index in [-0.39, 0.29) is 18.9 Å². The second-order valence-corrected chi connectivity index (χ2v) is 6.43. The van der Waals surface area contributed by atoms with E-state index in [1.54, 1.807) is 0 Å². The molecule has 0 radical (unpaired) electrons. The lowest BCUT2D eigenvalue weighted by molar-refractivity contribution is -0.117. The average molecular weight is 353 g/mol. The molecule has 136 valence electrons. The van der Waals surface area contributed by atoms with Gasteiger partial charge in [-0.3, -0.25) is 9.59 Å². The Balaban J connectivity index is 2.03. The number of fused-ring (bicyclic) bond motifs is 1. The molecule has 0 spiro atoms. The molecule has 2 amide bonds. The number of nitrogens with one attached hydrogen (secondary N) is 1. The Kier molecular flexibility index (Phi) is 5.11. The van der Waals surface area contributed by atoms with E-state index >= 15 is 0 Å². The molecular weight excluding hydrogens is 330 g/mol. The van der Waals surface area contributed by atoms with Gasteiger partial charge in [-0.25, -0.2) is 0 Å². The molecular formula is C20H23N3O3. The number of aryl methyl sites for hydroxylation is 1. The topological polar surface area (TPSA) is 84.7 Å². The van der Waals surface area contributed by atoms with Crippen LogP contribution in [0.15, 0.2) is 36.4 Å². The Morgan fingerprint density at radius 1 is 1.27 bits per heavy atom. The van der Waals surface area contributed by atoms with Gasteiger partial charge in [0.25, 0.3) is 5.91 Å². The number of hydrogen-bond acceptors (Lipinski definition) is 4. The maximum atomic E-state index is 12.7. The van der Waals surface area contributed by atoms with E-state index in [4.69, 9.17) is 10.5 Å². The van der Waals surface area contributed by atoms with Crippen molar-refractivity contribution in [2.24, 2.45) is 5.73 Å². The second kappa shape index (κ2) is 7.47. The van der Waals surface area contributed by atoms with Crippen LogP contribution in [-0.4, -0.2) is 38.6 Å². The van der Waals surface area contributed by atoms with Gasteiger partial charge in [0.1, 0.15) is 6.61 Å². The van der Waals surface area contributed by atoms with E-state index < -0.39 is 5.91 Å². The molecule has 0 aliphatic carbocycles. The van der Waals surface area contributed by atoms with Gasteiger partial charge >= 0.3 is 0 Å². The summed E-state index contributed by atoms with van der Waals surface area (Å²) in [5, 5.41) is 2.75. The van der Waals surface area contributed by atoms with Crippen LogP contribution in [0.4, 0.5) is 5.69 Å². The molecule has 1 aliphatic rings. The van der Waals surface area contributed by atoms with Crippen molar-refractivity contribution in [1.82, 2.24) is 5.32 Å². The smallest absolute Gasteiger partial charge is 0.255 e. The highest BCUT2D eigenvalue weighted by molar-refractivity contribution is 6.01. The first-order valence-electron chi connectivity index (χ1n) is 8.62. The van der Waals surface area contributed by atoms with Gasteiger partial charge in [-0.2, -0.15) is 0 Å². The molecule has 0 fully saturated rings. The largest absolute Gasteiger partial charge is 0.489 e. The zero-order valence-electron chi connectivity index (χ0n) is 15.0.